The Morgan fingerprint density at radius 2 is 2.24 bits per heavy atom. The number of carbonyl (C=O) groups excluding carboxylic acids is 1. The van der Waals surface area contributed by atoms with E-state index < -0.39 is 17.4 Å². The van der Waals surface area contributed by atoms with Gasteiger partial charge >= 0.3 is 5.97 Å². The van der Waals surface area contributed by atoms with Gasteiger partial charge in [-0.2, -0.15) is 0 Å². The molecular weight excluding hydrogens is 290 g/mol. The molecule has 1 rings (SSSR count). The molecule has 0 aliphatic carbocycles. The molecule has 0 saturated heterocycles. The van der Waals surface area contributed by atoms with E-state index >= 15 is 0 Å². The fourth-order valence-corrected chi connectivity index (χ4v) is 1.87. The average molecular weight is 304 g/mol. The maximum Gasteiger partial charge on any atom is 0.329 e. The Morgan fingerprint density at radius 3 is 2.65 bits per heavy atom. The van der Waals surface area contributed by atoms with E-state index in [9.17, 15) is 9.59 Å². The largest absolute Gasteiger partial charge is 0.480 e. The van der Waals surface area contributed by atoms with Crippen molar-refractivity contribution in [2.75, 3.05) is 0 Å². The smallest absolute Gasteiger partial charge is 0.329 e. The Balaban J connectivity index is 2.85. The molecule has 1 unspecified atom stereocenters. The van der Waals surface area contributed by atoms with Crippen molar-refractivity contribution in [1.29, 1.82) is 0 Å². The van der Waals surface area contributed by atoms with Gasteiger partial charge < -0.3 is 14.8 Å². The molecule has 0 aliphatic heterocycles. The van der Waals surface area contributed by atoms with E-state index in [0.29, 0.717) is 17.3 Å². The summed E-state index contributed by atoms with van der Waals surface area (Å²) in [5.41, 5.74) is -1.28. The van der Waals surface area contributed by atoms with Crippen LogP contribution in [0.5, 0.6) is 0 Å². The zero-order valence-corrected chi connectivity index (χ0v) is 11.2. The number of hydrogen-bond acceptors (Lipinski definition) is 3. The lowest BCUT2D eigenvalue weighted by molar-refractivity contribution is -0.144. The molecule has 1 aromatic rings. The van der Waals surface area contributed by atoms with Crippen molar-refractivity contribution in [3.63, 3.8) is 0 Å². The van der Waals surface area contributed by atoms with Crippen LogP contribution in [0.4, 0.5) is 0 Å². The van der Waals surface area contributed by atoms with E-state index in [1.54, 1.807) is 6.07 Å². The van der Waals surface area contributed by atoms with Crippen LogP contribution in [0.25, 0.3) is 0 Å². The maximum atomic E-state index is 11.8. The van der Waals surface area contributed by atoms with Gasteiger partial charge in [0.15, 0.2) is 0 Å². The number of halogens is 1. The minimum Gasteiger partial charge on any atom is -0.480 e. The van der Waals surface area contributed by atoms with Crippen LogP contribution < -0.4 is 5.32 Å². The molecule has 1 atom stereocenters. The van der Waals surface area contributed by atoms with E-state index in [0.717, 1.165) is 0 Å². The number of aliphatic carboxylic acids is 1. The van der Waals surface area contributed by atoms with Gasteiger partial charge in [0.25, 0.3) is 5.91 Å². The van der Waals surface area contributed by atoms with Crippen molar-refractivity contribution < 1.29 is 19.1 Å². The first-order chi connectivity index (χ1) is 7.90. The first-order valence-corrected chi connectivity index (χ1v) is 5.99. The second-order valence-electron chi connectivity index (χ2n) is 3.94. The van der Waals surface area contributed by atoms with E-state index in [4.69, 9.17) is 9.52 Å². The Bertz CT molecular complexity index is 429. The van der Waals surface area contributed by atoms with Crippen LogP contribution in [-0.2, 0) is 4.79 Å². The lowest BCUT2D eigenvalue weighted by atomic mass is 9.96. The summed E-state index contributed by atoms with van der Waals surface area (Å²) in [6.45, 7) is 3.34. The molecule has 94 valence electrons. The van der Waals surface area contributed by atoms with E-state index in [2.05, 4.69) is 21.2 Å². The van der Waals surface area contributed by atoms with Crippen molar-refractivity contribution in [2.45, 2.75) is 32.2 Å². The molecule has 0 aliphatic rings. The monoisotopic (exact) mass is 303 g/mol. The molecule has 5 nitrogen and oxygen atoms in total. The molecule has 0 saturated carbocycles. The van der Waals surface area contributed by atoms with E-state index in [-0.39, 0.29) is 5.76 Å². The Morgan fingerprint density at radius 1 is 1.59 bits per heavy atom. The number of carboxylic acids is 1. The summed E-state index contributed by atoms with van der Waals surface area (Å²) in [4.78, 5) is 23.0. The zero-order chi connectivity index (χ0) is 13.1. The summed E-state index contributed by atoms with van der Waals surface area (Å²) in [7, 11) is 0. The van der Waals surface area contributed by atoms with Crippen molar-refractivity contribution >= 4 is 27.8 Å². The van der Waals surface area contributed by atoms with Crippen LogP contribution in [0.2, 0.25) is 0 Å². The van der Waals surface area contributed by atoms with Crippen LogP contribution in [0.1, 0.15) is 37.2 Å². The second-order valence-corrected chi connectivity index (χ2v) is 4.79. The minimum absolute atomic E-state index is 0.0774. The molecule has 0 fully saturated rings. The van der Waals surface area contributed by atoms with E-state index in [1.165, 1.54) is 13.2 Å². The van der Waals surface area contributed by atoms with Crippen LogP contribution in [0.15, 0.2) is 21.2 Å². The van der Waals surface area contributed by atoms with Gasteiger partial charge in [0.05, 0.1) is 10.7 Å². The first kappa shape index (κ1) is 13.8. The molecule has 0 radical (unpaired) electrons. The molecule has 6 heteroatoms. The Hall–Kier alpha value is -1.30. The summed E-state index contributed by atoms with van der Waals surface area (Å²) in [5.74, 6) is -1.52. The number of carbonyl (C=O) groups is 2. The van der Waals surface area contributed by atoms with Crippen molar-refractivity contribution in [3.8, 4) is 0 Å². The highest BCUT2D eigenvalue weighted by molar-refractivity contribution is 9.10. The molecule has 2 N–H and O–H groups in total. The van der Waals surface area contributed by atoms with Gasteiger partial charge in [0.1, 0.15) is 5.54 Å². The summed E-state index contributed by atoms with van der Waals surface area (Å²) in [6, 6.07) is 1.58. The number of amides is 1. The third-order valence-electron chi connectivity index (χ3n) is 2.43. The number of hydrogen-bond donors (Lipinski definition) is 2. The average Bonchev–Trinajstić information content (AvgIpc) is 2.64. The molecule has 1 amide bonds. The van der Waals surface area contributed by atoms with Gasteiger partial charge in [-0.05, 0) is 35.3 Å². The van der Waals surface area contributed by atoms with Crippen LogP contribution >= 0.6 is 15.9 Å². The highest BCUT2D eigenvalue weighted by Crippen LogP contribution is 2.20. The predicted molar refractivity (Wildman–Crippen MR) is 64.8 cm³/mol. The molecule has 0 spiro atoms. The Labute approximate surface area is 107 Å². The number of carboxylic acid groups (broad SMARTS) is 1. The SMILES string of the molecule is CCCC(C)(NC(=O)c1occc1Br)C(=O)O. The van der Waals surface area contributed by atoms with Crippen molar-refractivity contribution in [3.05, 3.63) is 22.6 Å². The summed E-state index contributed by atoms with van der Waals surface area (Å²) >= 11 is 3.15. The minimum atomic E-state index is -1.28. The van der Waals surface area contributed by atoms with Gasteiger partial charge in [0, 0.05) is 0 Å². The van der Waals surface area contributed by atoms with Gasteiger partial charge in [-0.25, -0.2) is 4.79 Å². The number of rotatable bonds is 5. The third kappa shape index (κ3) is 3.09. The van der Waals surface area contributed by atoms with Gasteiger partial charge in [-0.15, -0.1) is 0 Å². The molecule has 0 bridgehead atoms. The topological polar surface area (TPSA) is 79.5 Å². The Kier molecular flexibility index (Phi) is 4.34. The summed E-state index contributed by atoms with van der Waals surface area (Å²) < 4.78 is 5.48. The highest BCUT2D eigenvalue weighted by atomic mass is 79.9. The fourth-order valence-electron chi connectivity index (χ4n) is 1.49. The third-order valence-corrected chi connectivity index (χ3v) is 3.06. The molecule has 1 aromatic heterocycles. The van der Waals surface area contributed by atoms with Gasteiger partial charge in [0.2, 0.25) is 5.76 Å². The molecule has 1 heterocycles. The normalized spacial score (nSPS) is 14.1. The predicted octanol–water partition coefficient (Wildman–Crippen LogP) is 2.42. The number of nitrogens with one attached hydrogen (secondary N) is 1. The molecular formula is C11H14BrNO4. The van der Waals surface area contributed by atoms with E-state index in [1.807, 2.05) is 6.92 Å². The molecule has 0 aromatic carbocycles. The first-order valence-electron chi connectivity index (χ1n) is 5.19. The standard InChI is InChI=1S/C11H14BrNO4/c1-3-5-11(2,10(15)16)13-9(14)8-7(12)4-6-17-8/h4,6H,3,5H2,1-2H3,(H,13,14)(H,15,16). The quantitative estimate of drug-likeness (QED) is 0.875. The van der Waals surface area contributed by atoms with Crippen molar-refractivity contribution in [1.82, 2.24) is 5.32 Å². The van der Waals surface area contributed by atoms with Crippen molar-refractivity contribution in [2.24, 2.45) is 0 Å². The van der Waals surface area contributed by atoms with Gasteiger partial charge in [-0.1, -0.05) is 13.3 Å². The van der Waals surface area contributed by atoms with Crippen LogP contribution in [0.3, 0.4) is 0 Å². The highest BCUT2D eigenvalue weighted by Gasteiger charge is 2.35. The summed E-state index contributed by atoms with van der Waals surface area (Å²) in [6.07, 6.45) is 2.37. The van der Waals surface area contributed by atoms with Crippen LogP contribution in [0, 0.1) is 0 Å². The fraction of sp³-hybridized carbons (Fsp3) is 0.455. The lowest BCUT2D eigenvalue weighted by Gasteiger charge is -2.25. The zero-order valence-electron chi connectivity index (χ0n) is 9.62. The second kappa shape index (κ2) is 5.35. The summed E-state index contributed by atoms with van der Waals surface area (Å²) in [5, 5.41) is 11.6. The van der Waals surface area contributed by atoms with Gasteiger partial charge in [-0.3, -0.25) is 4.79 Å². The molecule has 17 heavy (non-hydrogen) atoms. The maximum absolute atomic E-state index is 11.8. The number of furan rings is 1. The van der Waals surface area contributed by atoms with Crippen LogP contribution in [-0.4, -0.2) is 22.5 Å². The lowest BCUT2D eigenvalue weighted by Crippen LogP contribution is -2.52.